The normalized spacial score (nSPS) is 9.38. The van der Waals surface area contributed by atoms with Gasteiger partial charge in [-0.1, -0.05) is 24.8 Å². The van der Waals surface area contributed by atoms with Gasteiger partial charge in [-0.05, 0) is 19.1 Å². The van der Waals surface area contributed by atoms with E-state index in [0.717, 1.165) is 5.06 Å². The summed E-state index contributed by atoms with van der Waals surface area (Å²) in [7, 11) is 1.37. The zero-order valence-corrected chi connectivity index (χ0v) is 9.27. The van der Waals surface area contributed by atoms with E-state index >= 15 is 0 Å². The fourth-order valence-corrected chi connectivity index (χ4v) is 1.06. The Balaban J connectivity index is 2.66. The zero-order chi connectivity index (χ0) is 12.1. The minimum absolute atomic E-state index is 0.309. The number of hydrogen-bond acceptors (Lipinski definition) is 3. The van der Waals surface area contributed by atoms with Crippen LogP contribution in [-0.2, 0) is 9.63 Å². The van der Waals surface area contributed by atoms with Gasteiger partial charge in [-0.2, -0.15) is 5.06 Å². The highest BCUT2D eigenvalue weighted by atomic mass is 16.7. The standard InChI is InChI=1S/C12H13NO3/c1-9(2)11(14)13(3)16-12(15)10-7-5-4-6-8-10/h4-8H,1H2,2-3H3. The van der Waals surface area contributed by atoms with Crippen LogP contribution in [-0.4, -0.2) is 24.0 Å². The van der Waals surface area contributed by atoms with Crippen molar-refractivity contribution in [3.8, 4) is 0 Å². The van der Waals surface area contributed by atoms with Crippen molar-refractivity contribution in [3.63, 3.8) is 0 Å². The van der Waals surface area contributed by atoms with E-state index in [1.807, 2.05) is 0 Å². The van der Waals surface area contributed by atoms with Gasteiger partial charge in [0.2, 0.25) is 0 Å². The predicted octanol–water partition coefficient (Wildman–Crippen LogP) is 1.79. The fraction of sp³-hybridized carbons (Fsp3) is 0.167. The molecule has 0 aromatic heterocycles. The molecule has 1 rings (SSSR count). The number of nitrogens with zero attached hydrogens (tertiary/aromatic N) is 1. The number of hydrogen-bond donors (Lipinski definition) is 0. The van der Waals surface area contributed by atoms with E-state index < -0.39 is 11.9 Å². The van der Waals surface area contributed by atoms with Crippen LogP contribution in [0.3, 0.4) is 0 Å². The Labute approximate surface area is 94.1 Å². The van der Waals surface area contributed by atoms with Gasteiger partial charge < -0.3 is 4.84 Å². The lowest BCUT2D eigenvalue weighted by molar-refractivity contribution is -0.156. The molecule has 1 aromatic rings. The van der Waals surface area contributed by atoms with Crippen LogP contribution in [0.15, 0.2) is 42.5 Å². The highest BCUT2D eigenvalue weighted by molar-refractivity contribution is 5.94. The predicted molar refractivity (Wildman–Crippen MR) is 59.4 cm³/mol. The summed E-state index contributed by atoms with van der Waals surface area (Å²) >= 11 is 0. The van der Waals surface area contributed by atoms with Gasteiger partial charge in [0.25, 0.3) is 5.91 Å². The van der Waals surface area contributed by atoms with Crippen molar-refractivity contribution in [1.29, 1.82) is 0 Å². The smallest absolute Gasteiger partial charge is 0.333 e. The van der Waals surface area contributed by atoms with E-state index in [9.17, 15) is 9.59 Å². The Bertz CT molecular complexity index is 412. The van der Waals surface area contributed by atoms with Gasteiger partial charge in [0.15, 0.2) is 0 Å². The molecule has 0 atom stereocenters. The lowest BCUT2D eigenvalue weighted by Gasteiger charge is -2.15. The quantitative estimate of drug-likeness (QED) is 0.562. The molecule has 0 saturated carbocycles. The van der Waals surface area contributed by atoms with E-state index in [-0.39, 0.29) is 0 Å². The van der Waals surface area contributed by atoms with Crippen LogP contribution in [0.2, 0.25) is 0 Å². The average molecular weight is 219 g/mol. The van der Waals surface area contributed by atoms with Gasteiger partial charge in [0, 0.05) is 12.6 Å². The topological polar surface area (TPSA) is 46.6 Å². The molecule has 4 heteroatoms. The largest absolute Gasteiger partial charge is 0.363 e. The van der Waals surface area contributed by atoms with Crippen LogP contribution in [0.5, 0.6) is 0 Å². The summed E-state index contributed by atoms with van der Waals surface area (Å²) < 4.78 is 0. The van der Waals surface area contributed by atoms with E-state index in [4.69, 9.17) is 4.84 Å². The summed E-state index contributed by atoms with van der Waals surface area (Å²) in [5.74, 6) is -0.998. The summed E-state index contributed by atoms with van der Waals surface area (Å²) in [5, 5.41) is 0.873. The maximum Gasteiger partial charge on any atom is 0.363 e. The molecule has 84 valence electrons. The second-order valence-corrected chi connectivity index (χ2v) is 3.33. The summed E-state index contributed by atoms with van der Waals surface area (Å²) in [5.41, 5.74) is 0.701. The van der Waals surface area contributed by atoms with Crippen LogP contribution in [0.25, 0.3) is 0 Å². The molecule has 0 saturated heterocycles. The van der Waals surface area contributed by atoms with E-state index in [2.05, 4.69) is 6.58 Å². The van der Waals surface area contributed by atoms with E-state index in [1.165, 1.54) is 7.05 Å². The Hall–Kier alpha value is -2.10. The molecule has 0 aliphatic rings. The van der Waals surface area contributed by atoms with Crippen molar-refractivity contribution in [3.05, 3.63) is 48.0 Å². The summed E-state index contributed by atoms with van der Waals surface area (Å²) in [6, 6.07) is 8.46. The molecule has 0 unspecified atom stereocenters. The summed E-state index contributed by atoms with van der Waals surface area (Å²) in [6.45, 7) is 5.02. The minimum atomic E-state index is -0.572. The first-order valence-corrected chi connectivity index (χ1v) is 4.73. The van der Waals surface area contributed by atoms with Gasteiger partial charge in [-0.3, -0.25) is 4.79 Å². The van der Waals surface area contributed by atoms with Crippen molar-refractivity contribution >= 4 is 11.9 Å². The average Bonchev–Trinajstić information content (AvgIpc) is 2.28. The molecule has 0 aliphatic heterocycles. The molecule has 1 amide bonds. The molecule has 16 heavy (non-hydrogen) atoms. The molecular weight excluding hydrogens is 206 g/mol. The number of carbonyl (C=O) groups is 2. The van der Waals surface area contributed by atoms with E-state index in [0.29, 0.717) is 11.1 Å². The summed E-state index contributed by atoms with van der Waals surface area (Å²) in [6.07, 6.45) is 0. The van der Waals surface area contributed by atoms with Crippen LogP contribution < -0.4 is 0 Å². The van der Waals surface area contributed by atoms with Crippen LogP contribution >= 0.6 is 0 Å². The minimum Gasteiger partial charge on any atom is -0.333 e. The van der Waals surface area contributed by atoms with Gasteiger partial charge in [-0.25, -0.2) is 4.79 Å². The number of benzene rings is 1. The second kappa shape index (κ2) is 5.11. The molecule has 0 N–H and O–H groups in total. The van der Waals surface area contributed by atoms with Crippen molar-refractivity contribution in [1.82, 2.24) is 5.06 Å². The first-order valence-electron chi connectivity index (χ1n) is 4.73. The SMILES string of the molecule is C=C(C)C(=O)N(C)OC(=O)c1ccccc1. The van der Waals surface area contributed by atoms with Gasteiger partial charge in [-0.15, -0.1) is 0 Å². The first-order chi connectivity index (χ1) is 7.52. The number of hydroxylamine groups is 2. The van der Waals surface area contributed by atoms with Crippen LogP contribution in [0, 0.1) is 0 Å². The molecule has 1 aromatic carbocycles. The first kappa shape index (κ1) is 12.0. The highest BCUT2D eigenvalue weighted by Crippen LogP contribution is 2.04. The molecule has 4 nitrogen and oxygen atoms in total. The third-order valence-electron chi connectivity index (χ3n) is 1.88. The van der Waals surface area contributed by atoms with Crippen molar-refractivity contribution in [2.75, 3.05) is 7.05 Å². The monoisotopic (exact) mass is 219 g/mol. The molecule has 0 heterocycles. The number of rotatable bonds is 2. The zero-order valence-electron chi connectivity index (χ0n) is 9.27. The third kappa shape index (κ3) is 2.95. The maximum atomic E-state index is 11.5. The van der Waals surface area contributed by atoms with Crippen molar-refractivity contribution in [2.24, 2.45) is 0 Å². The Kier molecular flexibility index (Phi) is 3.83. The molecule has 0 aliphatic carbocycles. The van der Waals surface area contributed by atoms with Gasteiger partial charge in [0.1, 0.15) is 0 Å². The molecule has 0 spiro atoms. The van der Waals surface area contributed by atoms with Crippen molar-refractivity contribution in [2.45, 2.75) is 6.92 Å². The van der Waals surface area contributed by atoms with Crippen molar-refractivity contribution < 1.29 is 14.4 Å². The third-order valence-corrected chi connectivity index (χ3v) is 1.88. The Morgan fingerprint density at radius 1 is 1.25 bits per heavy atom. The maximum absolute atomic E-state index is 11.5. The van der Waals surface area contributed by atoms with Crippen LogP contribution in [0.4, 0.5) is 0 Å². The summed E-state index contributed by atoms with van der Waals surface area (Å²) in [4.78, 5) is 27.7. The number of amides is 1. The molecule has 0 bridgehead atoms. The van der Waals surface area contributed by atoms with Crippen LogP contribution in [0.1, 0.15) is 17.3 Å². The fourth-order valence-electron chi connectivity index (χ4n) is 1.06. The van der Waals surface area contributed by atoms with E-state index in [1.54, 1.807) is 37.3 Å². The van der Waals surface area contributed by atoms with Gasteiger partial charge in [0.05, 0.1) is 5.56 Å². The Morgan fingerprint density at radius 2 is 1.81 bits per heavy atom. The Morgan fingerprint density at radius 3 is 2.31 bits per heavy atom. The molecular formula is C12H13NO3. The van der Waals surface area contributed by atoms with Gasteiger partial charge >= 0.3 is 5.97 Å². The number of likely N-dealkylation sites (N-methyl/N-ethyl adjacent to an activating group) is 1. The molecule has 0 fully saturated rings. The second-order valence-electron chi connectivity index (χ2n) is 3.33. The lowest BCUT2D eigenvalue weighted by atomic mass is 10.2. The number of carbonyl (C=O) groups excluding carboxylic acids is 2. The molecule has 0 radical (unpaired) electrons. The highest BCUT2D eigenvalue weighted by Gasteiger charge is 2.15. The lowest BCUT2D eigenvalue weighted by Crippen LogP contribution is -2.30.